The molecule has 0 aromatic heterocycles. The molecule has 4 amide bonds. The van der Waals surface area contributed by atoms with Crippen molar-refractivity contribution in [1.82, 2.24) is 15.1 Å². The Bertz CT molecular complexity index is 838. The molecule has 3 heterocycles. The van der Waals surface area contributed by atoms with Crippen LogP contribution in [0.5, 0.6) is 0 Å². The van der Waals surface area contributed by atoms with E-state index < -0.39 is 0 Å². The minimum atomic E-state index is -0.352. The smallest absolute Gasteiger partial charge is 0.409 e. The summed E-state index contributed by atoms with van der Waals surface area (Å²) in [6, 6.07) is 7.68. The van der Waals surface area contributed by atoms with Crippen LogP contribution in [0.1, 0.15) is 32.6 Å². The average Bonchev–Trinajstić information content (AvgIpc) is 3.28. The van der Waals surface area contributed by atoms with Gasteiger partial charge in [-0.15, -0.1) is 0 Å². The Labute approximate surface area is 195 Å². The fourth-order valence-electron chi connectivity index (χ4n) is 4.74. The van der Waals surface area contributed by atoms with Crippen molar-refractivity contribution >= 4 is 29.4 Å². The fourth-order valence-corrected chi connectivity index (χ4v) is 4.74. The van der Waals surface area contributed by atoms with Crippen molar-refractivity contribution in [2.45, 2.75) is 32.6 Å². The maximum atomic E-state index is 12.1. The number of imide groups is 1. The summed E-state index contributed by atoms with van der Waals surface area (Å²) in [6.45, 7) is 9.36. The largest absolute Gasteiger partial charge is 0.449 e. The first-order chi connectivity index (χ1) is 16.0. The van der Waals surface area contributed by atoms with Crippen LogP contribution in [0.3, 0.4) is 0 Å². The van der Waals surface area contributed by atoms with E-state index in [2.05, 4.69) is 34.2 Å². The molecular weight excluding hydrogens is 422 g/mol. The molecule has 180 valence electrons. The van der Waals surface area contributed by atoms with E-state index in [9.17, 15) is 14.4 Å². The third-order valence-corrected chi connectivity index (χ3v) is 6.74. The molecule has 3 saturated heterocycles. The Morgan fingerprint density at radius 1 is 1.03 bits per heavy atom. The summed E-state index contributed by atoms with van der Waals surface area (Å²) in [4.78, 5) is 43.8. The Hall–Kier alpha value is -2.81. The highest BCUT2D eigenvalue weighted by Gasteiger charge is 2.28. The molecular formula is C24H35N5O4. The third-order valence-electron chi connectivity index (χ3n) is 6.74. The molecule has 4 rings (SSSR count). The summed E-state index contributed by atoms with van der Waals surface area (Å²) in [5.41, 5.74) is 1.97. The van der Waals surface area contributed by atoms with Crippen molar-refractivity contribution in [3.05, 3.63) is 24.3 Å². The first kappa shape index (κ1) is 23.4. The summed E-state index contributed by atoms with van der Waals surface area (Å²) >= 11 is 0. The predicted molar refractivity (Wildman–Crippen MR) is 127 cm³/mol. The lowest BCUT2D eigenvalue weighted by molar-refractivity contribution is -0.120. The van der Waals surface area contributed by atoms with Crippen molar-refractivity contribution in [2.24, 2.45) is 5.92 Å². The number of nitrogens with zero attached hydrogens (tertiary/aromatic N) is 4. The van der Waals surface area contributed by atoms with Gasteiger partial charge in [-0.25, -0.2) is 9.59 Å². The number of unbranched alkanes of at least 4 members (excludes halogenated alkanes) is 1. The molecule has 9 heteroatoms. The number of amides is 4. The Kier molecular flexibility index (Phi) is 7.69. The SMILES string of the molecule is CCCCOC(=O)N1CCN(CC2CCN(c3ccc(N4CCC(=O)NC4=O)cc3)C2)CC1. The molecule has 0 bridgehead atoms. The van der Waals surface area contributed by atoms with Gasteiger partial charge in [0.05, 0.1) is 6.61 Å². The van der Waals surface area contributed by atoms with Crippen LogP contribution in [0.15, 0.2) is 24.3 Å². The number of piperazine rings is 1. The molecule has 3 fully saturated rings. The highest BCUT2D eigenvalue weighted by atomic mass is 16.6. The monoisotopic (exact) mass is 457 g/mol. The van der Waals surface area contributed by atoms with Crippen LogP contribution in [-0.4, -0.2) is 86.8 Å². The molecule has 1 aromatic rings. The van der Waals surface area contributed by atoms with Crippen molar-refractivity contribution in [1.29, 1.82) is 0 Å². The number of urea groups is 1. The second kappa shape index (κ2) is 10.9. The average molecular weight is 458 g/mol. The number of nitrogens with one attached hydrogen (secondary N) is 1. The molecule has 0 spiro atoms. The molecule has 9 nitrogen and oxygen atoms in total. The number of anilines is 2. The maximum absolute atomic E-state index is 12.1. The quantitative estimate of drug-likeness (QED) is 0.634. The number of rotatable bonds is 7. The Balaban J connectivity index is 1.21. The van der Waals surface area contributed by atoms with E-state index in [1.807, 2.05) is 17.0 Å². The molecule has 3 aliphatic heterocycles. The van der Waals surface area contributed by atoms with Crippen LogP contribution >= 0.6 is 0 Å². The van der Waals surface area contributed by atoms with Crippen LogP contribution in [-0.2, 0) is 9.53 Å². The van der Waals surface area contributed by atoms with E-state index in [4.69, 9.17) is 4.74 Å². The van der Waals surface area contributed by atoms with E-state index in [0.29, 0.717) is 25.5 Å². The maximum Gasteiger partial charge on any atom is 0.409 e. The third kappa shape index (κ3) is 5.96. The van der Waals surface area contributed by atoms with E-state index in [1.165, 1.54) is 0 Å². The van der Waals surface area contributed by atoms with E-state index >= 15 is 0 Å². The second-order valence-corrected chi connectivity index (χ2v) is 9.13. The zero-order valence-electron chi connectivity index (χ0n) is 19.5. The number of hydrogen-bond donors (Lipinski definition) is 1. The number of benzene rings is 1. The summed E-state index contributed by atoms with van der Waals surface area (Å²) < 4.78 is 5.33. The first-order valence-electron chi connectivity index (χ1n) is 12.1. The van der Waals surface area contributed by atoms with E-state index in [-0.39, 0.29) is 18.0 Å². The van der Waals surface area contributed by atoms with Crippen LogP contribution in [0, 0.1) is 5.92 Å². The predicted octanol–water partition coefficient (Wildman–Crippen LogP) is 2.51. The molecule has 3 aliphatic rings. The van der Waals surface area contributed by atoms with Crippen molar-refractivity contribution in [3.63, 3.8) is 0 Å². The molecule has 33 heavy (non-hydrogen) atoms. The molecule has 0 radical (unpaired) electrons. The van der Waals surface area contributed by atoms with E-state index in [0.717, 1.165) is 76.5 Å². The Morgan fingerprint density at radius 3 is 2.45 bits per heavy atom. The highest BCUT2D eigenvalue weighted by Crippen LogP contribution is 2.27. The molecule has 0 saturated carbocycles. The topological polar surface area (TPSA) is 85.4 Å². The van der Waals surface area contributed by atoms with Crippen LogP contribution in [0.4, 0.5) is 21.0 Å². The van der Waals surface area contributed by atoms with Gasteiger partial charge in [-0.3, -0.25) is 19.9 Å². The number of hydrogen-bond acceptors (Lipinski definition) is 6. The van der Waals surface area contributed by atoms with Crippen molar-refractivity contribution in [3.8, 4) is 0 Å². The highest BCUT2D eigenvalue weighted by molar-refractivity contribution is 6.05. The first-order valence-corrected chi connectivity index (χ1v) is 12.1. The second-order valence-electron chi connectivity index (χ2n) is 9.13. The zero-order valence-corrected chi connectivity index (χ0v) is 19.5. The number of ether oxygens (including phenoxy) is 1. The van der Waals surface area contributed by atoms with Gasteiger partial charge in [0, 0.05) is 70.2 Å². The molecule has 0 aliphatic carbocycles. The summed E-state index contributed by atoms with van der Waals surface area (Å²) in [7, 11) is 0. The lowest BCUT2D eigenvalue weighted by Crippen LogP contribution is -2.50. The van der Waals surface area contributed by atoms with E-state index in [1.54, 1.807) is 4.90 Å². The normalized spacial score (nSPS) is 22.0. The molecule has 1 aromatic carbocycles. The molecule has 1 atom stereocenters. The van der Waals surface area contributed by atoms with Crippen LogP contribution < -0.4 is 15.1 Å². The van der Waals surface area contributed by atoms with Gasteiger partial charge < -0.3 is 14.5 Å². The van der Waals surface area contributed by atoms with Crippen LogP contribution in [0.25, 0.3) is 0 Å². The van der Waals surface area contributed by atoms with Gasteiger partial charge in [-0.2, -0.15) is 0 Å². The minimum Gasteiger partial charge on any atom is -0.449 e. The molecule has 1 unspecified atom stereocenters. The van der Waals surface area contributed by atoms with Crippen LogP contribution in [0.2, 0.25) is 0 Å². The molecule has 1 N–H and O–H groups in total. The van der Waals surface area contributed by atoms with Gasteiger partial charge in [0.2, 0.25) is 5.91 Å². The standard InChI is InChI=1S/C24H35N5O4/c1-2-3-16-33-24(32)27-14-12-26(13-15-27)17-19-8-10-28(18-19)20-4-6-21(7-5-20)29-11-9-22(30)25-23(29)31/h4-7,19H,2-3,8-18H2,1H3,(H,25,30,31). The van der Waals surface area contributed by atoms with Gasteiger partial charge in [0.1, 0.15) is 0 Å². The zero-order chi connectivity index (χ0) is 23.2. The number of carbonyl (C=O) groups is 3. The van der Waals surface area contributed by atoms with Gasteiger partial charge >= 0.3 is 12.1 Å². The fraction of sp³-hybridized carbons (Fsp3) is 0.625. The summed E-state index contributed by atoms with van der Waals surface area (Å²) in [5, 5.41) is 2.37. The summed E-state index contributed by atoms with van der Waals surface area (Å²) in [5.74, 6) is 0.385. The van der Waals surface area contributed by atoms with Gasteiger partial charge in [-0.05, 0) is 43.0 Å². The minimum absolute atomic E-state index is 0.174. The lowest BCUT2D eigenvalue weighted by Gasteiger charge is -2.35. The lowest BCUT2D eigenvalue weighted by atomic mass is 10.1. The Morgan fingerprint density at radius 2 is 1.76 bits per heavy atom. The number of carbonyl (C=O) groups excluding carboxylic acids is 3. The van der Waals surface area contributed by atoms with Crippen molar-refractivity contribution in [2.75, 3.05) is 68.8 Å². The summed E-state index contributed by atoms with van der Waals surface area (Å²) in [6.07, 6.45) is 3.25. The van der Waals surface area contributed by atoms with Gasteiger partial charge in [0.15, 0.2) is 0 Å². The van der Waals surface area contributed by atoms with Gasteiger partial charge in [0.25, 0.3) is 0 Å². The van der Waals surface area contributed by atoms with Crippen molar-refractivity contribution < 1.29 is 19.1 Å². The van der Waals surface area contributed by atoms with Gasteiger partial charge in [-0.1, -0.05) is 13.3 Å².